The summed E-state index contributed by atoms with van der Waals surface area (Å²) < 4.78 is 13.1. The van der Waals surface area contributed by atoms with Gasteiger partial charge >= 0.3 is 0 Å². The van der Waals surface area contributed by atoms with Crippen LogP contribution in [0.1, 0.15) is 42.5 Å². The molecule has 0 saturated carbocycles. The minimum atomic E-state index is -0.358. The number of nitrogens with zero attached hydrogens (tertiary/aromatic N) is 3. The summed E-state index contributed by atoms with van der Waals surface area (Å²) in [5.41, 5.74) is 1.19. The first-order chi connectivity index (χ1) is 16.5. The zero-order chi connectivity index (χ0) is 23.7. The first kappa shape index (κ1) is 22.7. The lowest BCUT2D eigenvalue weighted by atomic mass is 9.78. The Morgan fingerprint density at radius 2 is 1.38 bits per heavy atom. The SMILES string of the molecule is O=C(c1ccc(F)cc1)N1CCC(C2CCN([C@H]3CC(=O)N(c4ccccc4)C3=O)CC2)CC1. The van der Waals surface area contributed by atoms with Gasteiger partial charge < -0.3 is 4.90 Å². The van der Waals surface area contributed by atoms with Crippen LogP contribution in [0.3, 0.4) is 0 Å². The number of likely N-dealkylation sites (tertiary alicyclic amines) is 2. The van der Waals surface area contributed by atoms with E-state index in [0.29, 0.717) is 23.1 Å². The monoisotopic (exact) mass is 463 g/mol. The Kier molecular flexibility index (Phi) is 6.46. The van der Waals surface area contributed by atoms with Gasteiger partial charge in [0, 0.05) is 18.7 Å². The summed E-state index contributed by atoms with van der Waals surface area (Å²) in [4.78, 5) is 43.7. The van der Waals surface area contributed by atoms with E-state index in [1.807, 2.05) is 23.1 Å². The number of imide groups is 1. The topological polar surface area (TPSA) is 60.9 Å². The zero-order valence-corrected chi connectivity index (χ0v) is 19.2. The van der Waals surface area contributed by atoms with Gasteiger partial charge in [0.05, 0.1) is 18.2 Å². The van der Waals surface area contributed by atoms with Crippen molar-refractivity contribution in [3.05, 3.63) is 66.0 Å². The minimum Gasteiger partial charge on any atom is -0.339 e. The molecular formula is C27H30FN3O3. The Hall–Kier alpha value is -3.06. The molecule has 0 aromatic heterocycles. The molecule has 3 heterocycles. The highest BCUT2D eigenvalue weighted by Gasteiger charge is 2.44. The molecule has 6 nitrogen and oxygen atoms in total. The molecule has 2 aromatic carbocycles. The summed E-state index contributed by atoms with van der Waals surface area (Å²) >= 11 is 0. The molecule has 3 amide bonds. The van der Waals surface area contributed by atoms with Gasteiger partial charge in [-0.1, -0.05) is 18.2 Å². The van der Waals surface area contributed by atoms with E-state index >= 15 is 0 Å². The molecule has 3 aliphatic rings. The molecule has 178 valence electrons. The van der Waals surface area contributed by atoms with Crippen LogP contribution in [-0.4, -0.2) is 59.7 Å². The van der Waals surface area contributed by atoms with E-state index in [2.05, 4.69) is 4.90 Å². The first-order valence-electron chi connectivity index (χ1n) is 12.2. The quantitative estimate of drug-likeness (QED) is 0.649. The van der Waals surface area contributed by atoms with E-state index < -0.39 is 0 Å². The van der Waals surface area contributed by atoms with Crippen molar-refractivity contribution in [1.29, 1.82) is 0 Å². The van der Waals surface area contributed by atoms with E-state index in [0.717, 1.165) is 51.9 Å². The number of hydrogen-bond acceptors (Lipinski definition) is 4. The van der Waals surface area contributed by atoms with Crippen LogP contribution in [0.15, 0.2) is 54.6 Å². The lowest BCUT2D eigenvalue weighted by Crippen LogP contribution is -2.47. The lowest BCUT2D eigenvalue weighted by molar-refractivity contribution is -0.123. The molecule has 0 N–H and O–H groups in total. The summed E-state index contributed by atoms with van der Waals surface area (Å²) in [6, 6.07) is 14.6. The minimum absolute atomic E-state index is 0.0272. The molecule has 1 atom stereocenters. The highest BCUT2D eigenvalue weighted by molar-refractivity contribution is 6.22. The van der Waals surface area contributed by atoms with E-state index in [9.17, 15) is 18.8 Å². The molecule has 0 spiro atoms. The second-order valence-electron chi connectivity index (χ2n) is 9.63. The lowest BCUT2D eigenvalue weighted by Gasteiger charge is -2.41. The molecule has 3 aliphatic heterocycles. The van der Waals surface area contributed by atoms with Crippen molar-refractivity contribution in [3.63, 3.8) is 0 Å². The summed E-state index contributed by atoms with van der Waals surface area (Å²) in [6.07, 6.45) is 4.22. The average molecular weight is 464 g/mol. The smallest absolute Gasteiger partial charge is 0.253 e. The van der Waals surface area contributed by atoms with Crippen LogP contribution < -0.4 is 4.90 Å². The molecule has 3 fully saturated rings. The van der Waals surface area contributed by atoms with Crippen molar-refractivity contribution < 1.29 is 18.8 Å². The molecule has 7 heteroatoms. The average Bonchev–Trinajstić information content (AvgIpc) is 3.18. The number of carbonyl (C=O) groups is 3. The van der Waals surface area contributed by atoms with Gasteiger partial charge in [-0.2, -0.15) is 0 Å². The number of benzene rings is 2. The number of hydrogen-bond donors (Lipinski definition) is 0. The van der Waals surface area contributed by atoms with Crippen molar-refractivity contribution in [1.82, 2.24) is 9.80 Å². The van der Waals surface area contributed by atoms with Gasteiger partial charge in [-0.15, -0.1) is 0 Å². The molecule has 3 saturated heterocycles. The van der Waals surface area contributed by atoms with Crippen molar-refractivity contribution in [2.45, 2.75) is 38.1 Å². The number of amides is 3. The molecule has 5 rings (SSSR count). The third-order valence-electron chi connectivity index (χ3n) is 7.74. The van der Waals surface area contributed by atoms with Gasteiger partial charge in [0.25, 0.3) is 11.8 Å². The van der Waals surface area contributed by atoms with Crippen LogP contribution in [0.2, 0.25) is 0 Å². The highest BCUT2D eigenvalue weighted by atomic mass is 19.1. The number of anilines is 1. The highest BCUT2D eigenvalue weighted by Crippen LogP contribution is 2.35. The maximum absolute atomic E-state index is 13.1. The van der Waals surface area contributed by atoms with Crippen LogP contribution in [-0.2, 0) is 9.59 Å². The Morgan fingerprint density at radius 3 is 2.00 bits per heavy atom. The number of para-hydroxylation sites is 1. The number of carbonyl (C=O) groups excluding carboxylic acids is 3. The first-order valence-corrected chi connectivity index (χ1v) is 12.2. The summed E-state index contributed by atoms with van der Waals surface area (Å²) in [7, 11) is 0. The number of halogens is 1. The number of rotatable bonds is 4. The maximum atomic E-state index is 13.1. The Morgan fingerprint density at radius 1 is 0.794 bits per heavy atom. The van der Waals surface area contributed by atoms with Crippen molar-refractivity contribution in [2.24, 2.45) is 11.8 Å². The summed E-state index contributed by atoms with van der Waals surface area (Å²) in [5, 5.41) is 0. The zero-order valence-electron chi connectivity index (χ0n) is 19.2. The van der Waals surface area contributed by atoms with Crippen LogP contribution in [0.5, 0.6) is 0 Å². The largest absolute Gasteiger partial charge is 0.339 e. The fraction of sp³-hybridized carbons (Fsp3) is 0.444. The van der Waals surface area contributed by atoms with E-state index in [4.69, 9.17) is 0 Å². The predicted molar refractivity (Wildman–Crippen MR) is 127 cm³/mol. The van der Waals surface area contributed by atoms with Gasteiger partial charge in [0.2, 0.25) is 5.91 Å². The predicted octanol–water partition coefficient (Wildman–Crippen LogP) is 3.72. The molecule has 0 radical (unpaired) electrons. The summed E-state index contributed by atoms with van der Waals surface area (Å²) in [5.74, 6) is 0.556. The van der Waals surface area contributed by atoms with E-state index in [-0.39, 0.29) is 36.0 Å². The van der Waals surface area contributed by atoms with Gasteiger partial charge in [0.15, 0.2) is 0 Å². The van der Waals surface area contributed by atoms with Crippen LogP contribution in [0.4, 0.5) is 10.1 Å². The fourth-order valence-electron chi connectivity index (χ4n) is 5.80. The van der Waals surface area contributed by atoms with Crippen molar-refractivity contribution in [2.75, 3.05) is 31.1 Å². The van der Waals surface area contributed by atoms with Crippen molar-refractivity contribution >= 4 is 23.4 Å². The molecule has 0 aliphatic carbocycles. The molecular weight excluding hydrogens is 433 g/mol. The Labute approximate surface area is 199 Å². The van der Waals surface area contributed by atoms with Crippen molar-refractivity contribution in [3.8, 4) is 0 Å². The normalized spacial score (nSPS) is 23.0. The molecule has 2 aromatic rings. The Balaban J connectivity index is 1.12. The number of piperidine rings is 2. The third-order valence-corrected chi connectivity index (χ3v) is 7.74. The second kappa shape index (κ2) is 9.66. The van der Waals surface area contributed by atoms with Gasteiger partial charge in [-0.25, -0.2) is 9.29 Å². The molecule has 0 unspecified atom stereocenters. The van der Waals surface area contributed by atoms with Gasteiger partial charge in [0.1, 0.15) is 5.82 Å². The third kappa shape index (κ3) is 4.49. The molecule has 34 heavy (non-hydrogen) atoms. The van der Waals surface area contributed by atoms with E-state index in [1.165, 1.54) is 17.0 Å². The van der Waals surface area contributed by atoms with Gasteiger partial charge in [-0.05, 0) is 87.0 Å². The summed E-state index contributed by atoms with van der Waals surface area (Å²) in [6.45, 7) is 3.10. The Bertz CT molecular complexity index is 1040. The standard InChI is InChI=1S/C27H30FN3O3/c28-22-8-6-21(7-9-22)26(33)30-16-12-20(13-17-30)19-10-14-29(15-11-19)24-18-25(32)31(27(24)34)23-4-2-1-3-5-23/h1-9,19-20,24H,10-18H2/t24-/m0/s1. The fourth-order valence-corrected chi connectivity index (χ4v) is 5.80. The van der Waals surface area contributed by atoms with Crippen LogP contribution in [0, 0.1) is 17.7 Å². The van der Waals surface area contributed by atoms with E-state index in [1.54, 1.807) is 24.3 Å². The van der Waals surface area contributed by atoms with Crippen LogP contribution >= 0.6 is 0 Å². The van der Waals surface area contributed by atoms with Crippen LogP contribution in [0.25, 0.3) is 0 Å². The molecule has 0 bridgehead atoms. The maximum Gasteiger partial charge on any atom is 0.253 e. The second-order valence-corrected chi connectivity index (χ2v) is 9.63. The van der Waals surface area contributed by atoms with Gasteiger partial charge in [-0.3, -0.25) is 19.3 Å².